The third-order valence-electron chi connectivity index (χ3n) is 4.42. The van der Waals surface area contributed by atoms with Crippen molar-refractivity contribution < 1.29 is 13.3 Å². The van der Waals surface area contributed by atoms with Crippen LogP contribution in [0, 0.1) is 17.0 Å². The van der Waals surface area contributed by atoms with E-state index in [1.807, 2.05) is 37.3 Å². The van der Waals surface area contributed by atoms with E-state index in [1.165, 1.54) is 12.1 Å². The van der Waals surface area contributed by atoms with Gasteiger partial charge in [-0.1, -0.05) is 60.2 Å². The summed E-state index contributed by atoms with van der Waals surface area (Å²) in [6.45, 7) is 1.89. The summed E-state index contributed by atoms with van der Waals surface area (Å²) >= 11 is 0. The predicted molar refractivity (Wildman–Crippen MR) is 107 cm³/mol. The fraction of sp³-hybridized carbons (Fsp3) is 0.143. The molecule has 0 aromatic heterocycles. The summed E-state index contributed by atoms with van der Waals surface area (Å²) in [5.74, 6) is 0. The second kappa shape index (κ2) is 8.33. The lowest BCUT2D eigenvalue weighted by atomic mass is 10.00. The third kappa shape index (κ3) is 4.82. The van der Waals surface area contributed by atoms with Crippen LogP contribution in [0.25, 0.3) is 0 Å². The zero-order valence-corrected chi connectivity index (χ0v) is 16.1. The van der Waals surface area contributed by atoms with Gasteiger partial charge in [0.05, 0.1) is 15.9 Å². The molecule has 6 nitrogen and oxygen atoms in total. The first kappa shape index (κ1) is 19.7. The number of benzene rings is 3. The number of nitro benzene ring substituents is 1. The van der Waals surface area contributed by atoms with Gasteiger partial charge in [-0.3, -0.25) is 10.1 Å². The molecule has 3 aromatic rings. The topological polar surface area (TPSA) is 89.3 Å². The molecule has 0 amide bonds. The molecule has 3 aromatic carbocycles. The lowest BCUT2D eigenvalue weighted by Gasteiger charge is -2.19. The summed E-state index contributed by atoms with van der Waals surface area (Å²) in [4.78, 5) is 10.6. The Hall–Kier alpha value is -3.03. The minimum Gasteiger partial charge on any atom is -0.258 e. The van der Waals surface area contributed by atoms with Crippen LogP contribution in [0.3, 0.4) is 0 Å². The van der Waals surface area contributed by atoms with E-state index in [-0.39, 0.29) is 10.6 Å². The zero-order chi connectivity index (χ0) is 20.1. The Morgan fingerprint density at radius 3 is 2.11 bits per heavy atom. The average molecular weight is 396 g/mol. The Bertz CT molecular complexity index is 1050. The van der Waals surface area contributed by atoms with Crippen molar-refractivity contribution in [2.75, 3.05) is 0 Å². The van der Waals surface area contributed by atoms with Crippen molar-refractivity contribution in [3.8, 4) is 0 Å². The molecule has 3 rings (SSSR count). The van der Waals surface area contributed by atoms with Crippen molar-refractivity contribution in [3.05, 3.63) is 106 Å². The monoisotopic (exact) mass is 396 g/mol. The molecule has 1 N–H and O–H groups in total. The van der Waals surface area contributed by atoms with E-state index in [0.717, 1.165) is 16.7 Å². The molecule has 1 unspecified atom stereocenters. The van der Waals surface area contributed by atoms with E-state index in [4.69, 9.17) is 0 Å². The van der Waals surface area contributed by atoms with Crippen LogP contribution in [-0.4, -0.2) is 13.3 Å². The number of hydrogen-bond acceptors (Lipinski definition) is 4. The molecule has 0 saturated heterocycles. The van der Waals surface area contributed by atoms with Crippen molar-refractivity contribution in [3.63, 3.8) is 0 Å². The van der Waals surface area contributed by atoms with Crippen LogP contribution in [0.5, 0.6) is 0 Å². The van der Waals surface area contributed by atoms with E-state index in [0.29, 0.717) is 6.42 Å². The van der Waals surface area contributed by atoms with Crippen molar-refractivity contribution in [2.24, 2.45) is 0 Å². The van der Waals surface area contributed by atoms with Crippen LogP contribution < -0.4 is 4.72 Å². The Balaban J connectivity index is 1.89. The molecule has 0 aliphatic heterocycles. The van der Waals surface area contributed by atoms with Gasteiger partial charge >= 0.3 is 0 Å². The second-order valence-corrected chi connectivity index (χ2v) is 8.24. The first-order valence-electron chi connectivity index (χ1n) is 8.72. The summed E-state index contributed by atoms with van der Waals surface area (Å²) in [6.07, 6.45) is 0.368. The summed E-state index contributed by atoms with van der Waals surface area (Å²) in [5.41, 5.74) is 2.59. The number of non-ortho nitro benzene ring substituents is 1. The highest BCUT2D eigenvalue weighted by Gasteiger charge is 2.22. The lowest BCUT2D eigenvalue weighted by Crippen LogP contribution is -2.30. The third-order valence-corrected chi connectivity index (χ3v) is 5.91. The standard InChI is InChI=1S/C21H20N2O4S/c1-16-7-13-20(14-8-16)28(26,27)22-21(18-5-3-2-4-6-18)15-17-9-11-19(12-10-17)23(24)25/h2-14,21-22H,15H2,1H3. The molecular weight excluding hydrogens is 376 g/mol. The Morgan fingerprint density at radius 2 is 1.54 bits per heavy atom. The van der Waals surface area contributed by atoms with Gasteiger partial charge < -0.3 is 0 Å². The lowest BCUT2D eigenvalue weighted by molar-refractivity contribution is -0.384. The number of hydrogen-bond donors (Lipinski definition) is 1. The number of sulfonamides is 1. The van der Waals surface area contributed by atoms with Gasteiger partial charge in [0.1, 0.15) is 0 Å². The zero-order valence-electron chi connectivity index (χ0n) is 15.3. The van der Waals surface area contributed by atoms with E-state index in [9.17, 15) is 18.5 Å². The van der Waals surface area contributed by atoms with Gasteiger partial charge in [-0.25, -0.2) is 13.1 Å². The molecule has 0 aliphatic carbocycles. The van der Waals surface area contributed by atoms with E-state index >= 15 is 0 Å². The maximum absolute atomic E-state index is 12.9. The predicted octanol–water partition coefficient (Wildman–Crippen LogP) is 4.17. The molecule has 0 saturated carbocycles. The highest BCUT2D eigenvalue weighted by Crippen LogP contribution is 2.23. The number of nitrogens with one attached hydrogen (secondary N) is 1. The fourth-order valence-corrected chi connectivity index (χ4v) is 4.10. The van der Waals surface area contributed by atoms with E-state index in [1.54, 1.807) is 36.4 Å². The van der Waals surface area contributed by atoms with Crippen molar-refractivity contribution in [1.29, 1.82) is 0 Å². The highest BCUT2D eigenvalue weighted by atomic mass is 32.2. The molecule has 144 valence electrons. The molecule has 7 heteroatoms. The molecule has 28 heavy (non-hydrogen) atoms. The van der Waals surface area contributed by atoms with Crippen LogP contribution in [0.4, 0.5) is 5.69 Å². The van der Waals surface area contributed by atoms with Crippen molar-refractivity contribution in [1.82, 2.24) is 4.72 Å². The van der Waals surface area contributed by atoms with Gasteiger partial charge in [0.25, 0.3) is 5.69 Å². The van der Waals surface area contributed by atoms with Gasteiger partial charge in [-0.05, 0) is 36.6 Å². The Morgan fingerprint density at radius 1 is 0.929 bits per heavy atom. The SMILES string of the molecule is Cc1ccc(S(=O)(=O)NC(Cc2ccc([N+](=O)[O-])cc2)c2ccccc2)cc1. The number of nitro groups is 1. The molecule has 0 spiro atoms. The second-order valence-electron chi connectivity index (χ2n) is 6.53. The molecule has 0 bridgehead atoms. The van der Waals surface area contributed by atoms with Crippen LogP contribution in [0.15, 0.2) is 83.8 Å². The molecule has 1 atom stereocenters. The largest absolute Gasteiger partial charge is 0.269 e. The molecule has 0 fully saturated rings. The number of rotatable bonds is 7. The summed E-state index contributed by atoms with van der Waals surface area (Å²) in [5, 5.41) is 10.8. The molecule has 0 aliphatic rings. The van der Waals surface area contributed by atoms with Gasteiger partial charge in [0.2, 0.25) is 10.0 Å². The minimum atomic E-state index is -3.72. The fourth-order valence-electron chi connectivity index (χ4n) is 2.88. The van der Waals surface area contributed by atoms with E-state index in [2.05, 4.69) is 4.72 Å². The molecule has 0 radical (unpaired) electrons. The van der Waals surface area contributed by atoms with Crippen LogP contribution in [0.2, 0.25) is 0 Å². The number of nitrogens with zero attached hydrogens (tertiary/aromatic N) is 1. The Kier molecular flexibility index (Phi) is 5.87. The smallest absolute Gasteiger partial charge is 0.258 e. The maximum Gasteiger partial charge on any atom is 0.269 e. The van der Waals surface area contributed by atoms with Crippen LogP contribution in [-0.2, 0) is 16.4 Å². The summed E-state index contributed by atoms with van der Waals surface area (Å²) in [6, 6.07) is 21.6. The van der Waals surface area contributed by atoms with Crippen molar-refractivity contribution >= 4 is 15.7 Å². The first-order valence-corrected chi connectivity index (χ1v) is 10.2. The summed E-state index contributed by atoms with van der Waals surface area (Å²) < 4.78 is 28.5. The minimum absolute atomic E-state index is 0.000229. The van der Waals surface area contributed by atoms with Crippen LogP contribution in [0.1, 0.15) is 22.7 Å². The van der Waals surface area contributed by atoms with Gasteiger partial charge in [0, 0.05) is 12.1 Å². The maximum atomic E-state index is 12.9. The van der Waals surface area contributed by atoms with Gasteiger partial charge in [-0.15, -0.1) is 0 Å². The average Bonchev–Trinajstić information content (AvgIpc) is 2.69. The molecule has 0 heterocycles. The quantitative estimate of drug-likeness (QED) is 0.479. The van der Waals surface area contributed by atoms with E-state index < -0.39 is 21.0 Å². The van der Waals surface area contributed by atoms with Gasteiger partial charge in [0.15, 0.2) is 0 Å². The highest BCUT2D eigenvalue weighted by molar-refractivity contribution is 7.89. The van der Waals surface area contributed by atoms with Crippen molar-refractivity contribution in [2.45, 2.75) is 24.3 Å². The molecular formula is C21H20N2O4S. The van der Waals surface area contributed by atoms with Gasteiger partial charge in [-0.2, -0.15) is 0 Å². The first-order chi connectivity index (χ1) is 13.3. The normalized spacial score (nSPS) is 12.5. The van der Waals surface area contributed by atoms with Crippen LogP contribution >= 0.6 is 0 Å². The summed E-state index contributed by atoms with van der Waals surface area (Å²) in [7, 11) is -3.72. The Labute approximate surface area is 164 Å². The number of aryl methyl sites for hydroxylation is 1.